The van der Waals surface area contributed by atoms with E-state index in [1.54, 1.807) is 13.0 Å². The second-order valence-electron chi connectivity index (χ2n) is 7.84. The number of alkyl halides is 3. The molecule has 5 nitrogen and oxygen atoms in total. The highest BCUT2D eigenvalue weighted by Gasteiger charge is 2.32. The van der Waals surface area contributed by atoms with Gasteiger partial charge in [-0.1, -0.05) is 43.3 Å². The molecule has 0 spiro atoms. The first-order chi connectivity index (χ1) is 16.4. The first kappa shape index (κ1) is 26.2. The van der Waals surface area contributed by atoms with E-state index in [-0.39, 0.29) is 29.5 Å². The molecular formula is C25H23F4NO4S. The van der Waals surface area contributed by atoms with Crippen LogP contribution in [0.2, 0.25) is 0 Å². The molecule has 0 saturated heterocycles. The topological polar surface area (TPSA) is 63.7 Å². The third kappa shape index (κ3) is 6.19. The minimum Gasteiger partial charge on any atom is -0.379 e. The number of hydrogen-bond donors (Lipinski definition) is 0. The molecule has 3 aromatic carbocycles. The van der Waals surface area contributed by atoms with Gasteiger partial charge in [-0.25, -0.2) is 4.39 Å². The van der Waals surface area contributed by atoms with E-state index < -0.39 is 38.5 Å². The highest BCUT2D eigenvalue weighted by molar-refractivity contribution is 7.87. The van der Waals surface area contributed by atoms with Gasteiger partial charge >= 0.3 is 16.3 Å². The molecular weight excluding hydrogens is 486 g/mol. The molecule has 0 unspecified atom stereocenters. The van der Waals surface area contributed by atoms with Crippen LogP contribution in [0.25, 0.3) is 0 Å². The molecule has 0 fully saturated rings. The van der Waals surface area contributed by atoms with Gasteiger partial charge in [-0.3, -0.25) is 4.79 Å². The Bertz CT molecular complexity index is 1310. The molecule has 0 heterocycles. The quantitative estimate of drug-likeness (QED) is 0.274. The summed E-state index contributed by atoms with van der Waals surface area (Å²) >= 11 is 0. The minimum atomic E-state index is -4.73. The van der Waals surface area contributed by atoms with E-state index in [0.29, 0.717) is 12.5 Å². The van der Waals surface area contributed by atoms with E-state index >= 15 is 0 Å². The SMILES string of the molecule is CC[C@H](C)N(Cc1ccccc1OS(=O)(=O)c1cccc(C(F)(F)F)c1)C(=O)c1ccccc1F. The summed E-state index contributed by atoms with van der Waals surface area (Å²) in [5.41, 5.74) is -0.982. The monoisotopic (exact) mass is 509 g/mol. The summed E-state index contributed by atoms with van der Waals surface area (Å²) in [4.78, 5) is 13.9. The predicted octanol–water partition coefficient (Wildman–Crippen LogP) is 6.05. The van der Waals surface area contributed by atoms with Crippen LogP contribution in [0.3, 0.4) is 0 Å². The van der Waals surface area contributed by atoms with Gasteiger partial charge in [-0.05, 0) is 49.7 Å². The van der Waals surface area contributed by atoms with Crippen LogP contribution >= 0.6 is 0 Å². The number of benzene rings is 3. The molecule has 0 aromatic heterocycles. The van der Waals surface area contributed by atoms with Crippen molar-refractivity contribution in [3.8, 4) is 5.75 Å². The van der Waals surface area contributed by atoms with Crippen molar-refractivity contribution in [2.45, 2.75) is 43.9 Å². The van der Waals surface area contributed by atoms with Crippen molar-refractivity contribution in [3.05, 3.63) is 95.3 Å². The molecule has 1 atom stereocenters. The summed E-state index contributed by atoms with van der Waals surface area (Å²) < 4.78 is 84.2. The van der Waals surface area contributed by atoms with E-state index in [9.17, 15) is 30.8 Å². The standard InChI is InChI=1S/C25H23F4NO4S/c1-3-17(2)30(24(31)21-12-5-6-13-22(21)26)16-18-9-4-7-14-23(18)34-35(32,33)20-11-8-10-19(15-20)25(27,28)29/h4-15,17H,3,16H2,1-2H3/t17-/m0/s1. The molecule has 0 aliphatic heterocycles. The van der Waals surface area contributed by atoms with Gasteiger partial charge in [0.2, 0.25) is 0 Å². The maximum absolute atomic E-state index is 14.3. The van der Waals surface area contributed by atoms with Gasteiger partial charge in [0.25, 0.3) is 5.91 Å². The zero-order valence-corrected chi connectivity index (χ0v) is 19.7. The van der Waals surface area contributed by atoms with E-state index in [2.05, 4.69) is 0 Å². The number of halogens is 4. The lowest BCUT2D eigenvalue weighted by Crippen LogP contribution is -2.38. The van der Waals surface area contributed by atoms with E-state index in [4.69, 9.17) is 4.18 Å². The summed E-state index contributed by atoms with van der Waals surface area (Å²) in [6, 6.07) is 14.4. The molecule has 0 aliphatic rings. The smallest absolute Gasteiger partial charge is 0.379 e. The predicted molar refractivity (Wildman–Crippen MR) is 122 cm³/mol. The third-order valence-corrected chi connectivity index (χ3v) is 6.68. The highest BCUT2D eigenvalue weighted by atomic mass is 32.2. The molecule has 0 aliphatic carbocycles. The van der Waals surface area contributed by atoms with Crippen LogP contribution in [0.15, 0.2) is 77.7 Å². The molecule has 0 bridgehead atoms. The number of carbonyl (C=O) groups excluding carboxylic acids is 1. The van der Waals surface area contributed by atoms with Crippen molar-refractivity contribution in [1.29, 1.82) is 0 Å². The molecule has 3 aromatic rings. The Balaban J connectivity index is 1.94. The maximum atomic E-state index is 14.3. The molecule has 0 N–H and O–H groups in total. The summed E-state index contributed by atoms with van der Waals surface area (Å²) in [6.07, 6.45) is -4.20. The van der Waals surface area contributed by atoms with Crippen LogP contribution in [-0.4, -0.2) is 25.3 Å². The lowest BCUT2D eigenvalue weighted by Gasteiger charge is -2.29. The van der Waals surface area contributed by atoms with E-state index in [0.717, 1.165) is 18.2 Å². The van der Waals surface area contributed by atoms with Crippen molar-refractivity contribution >= 4 is 16.0 Å². The summed E-state index contributed by atoms with van der Waals surface area (Å²) in [5, 5.41) is 0. The Kier molecular flexibility index (Phi) is 7.84. The molecule has 0 saturated carbocycles. The Labute approximate surface area is 201 Å². The second kappa shape index (κ2) is 10.5. The lowest BCUT2D eigenvalue weighted by atomic mass is 10.1. The van der Waals surface area contributed by atoms with Crippen molar-refractivity contribution in [3.63, 3.8) is 0 Å². The number of para-hydroxylation sites is 1. The highest BCUT2D eigenvalue weighted by Crippen LogP contribution is 2.32. The lowest BCUT2D eigenvalue weighted by molar-refractivity contribution is -0.137. The van der Waals surface area contributed by atoms with Crippen LogP contribution in [0.4, 0.5) is 17.6 Å². The number of carbonyl (C=O) groups is 1. The van der Waals surface area contributed by atoms with Gasteiger partial charge < -0.3 is 9.08 Å². The van der Waals surface area contributed by atoms with Crippen LogP contribution < -0.4 is 4.18 Å². The first-order valence-electron chi connectivity index (χ1n) is 10.7. The fraction of sp³-hybridized carbons (Fsp3) is 0.240. The Morgan fingerprint density at radius 1 is 1.00 bits per heavy atom. The fourth-order valence-corrected chi connectivity index (χ4v) is 4.34. The van der Waals surface area contributed by atoms with Gasteiger partial charge in [0, 0.05) is 18.2 Å². The number of rotatable bonds is 8. The van der Waals surface area contributed by atoms with Crippen molar-refractivity contribution in [1.82, 2.24) is 4.90 Å². The van der Waals surface area contributed by atoms with Crippen molar-refractivity contribution in [2.75, 3.05) is 0 Å². The van der Waals surface area contributed by atoms with Crippen molar-refractivity contribution < 1.29 is 35.0 Å². The van der Waals surface area contributed by atoms with Gasteiger partial charge in [-0.2, -0.15) is 21.6 Å². The Hall–Kier alpha value is -3.40. The van der Waals surface area contributed by atoms with Gasteiger partial charge in [0.05, 0.1) is 11.1 Å². The van der Waals surface area contributed by atoms with E-state index in [1.165, 1.54) is 47.4 Å². The molecule has 10 heteroatoms. The summed E-state index contributed by atoms with van der Waals surface area (Å²) in [7, 11) is -4.62. The number of hydrogen-bond acceptors (Lipinski definition) is 4. The van der Waals surface area contributed by atoms with Crippen LogP contribution in [-0.2, 0) is 22.8 Å². The minimum absolute atomic E-state index is 0.115. The van der Waals surface area contributed by atoms with E-state index in [1.807, 2.05) is 6.92 Å². The molecule has 35 heavy (non-hydrogen) atoms. The average molecular weight is 510 g/mol. The molecule has 1 amide bonds. The normalized spacial score (nSPS) is 12.7. The largest absolute Gasteiger partial charge is 0.416 e. The Morgan fingerprint density at radius 2 is 1.66 bits per heavy atom. The third-order valence-electron chi connectivity index (χ3n) is 5.45. The molecule has 3 rings (SSSR count). The van der Waals surface area contributed by atoms with Gasteiger partial charge in [0.15, 0.2) is 0 Å². The van der Waals surface area contributed by atoms with Crippen LogP contribution in [0.1, 0.15) is 41.8 Å². The molecule has 186 valence electrons. The van der Waals surface area contributed by atoms with Gasteiger partial charge in [-0.15, -0.1) is 0 Å². The zero-order chi connectivity index (χ0) is 25.8. The maximum Gasteiger partial charge on any atom is 0.416 e. The number of nitrogens with zero attached hydrogens (tertiary/aromatic N) is 1. The first-order valence-corrected chi connectivity index (χ1v) is 12.1. The zero-order valence-electron chi connectivity index (χ0n) is 18.9. The van der Waals surface area contributed by atoms with Crippen LogP contribution in [0.5, 0.6) is 5.75 Å². The summed E-state index contributed by atoms with van der Waals surface area (Å²) in [6.45, 7) is 3.49. The summed E-state index contributed by atoms with van der Waals surface area (Å²) in [5.74, 6) is -1.44. The molecule has 0 radical (unpaired) electrons. The Morgan fingerprint density at radius 3 is 2.31 bits per heavy atom. The number of amides is 1. The fourth-order valence-electron chi connectivity index (χ4n) is 3.33. The van der Waals surface area contributed by atoms with Crippen LogP contribution in [0, 0.1) is 5.82 Å². The second-order valence-corrected chi connectivity index (χ2v) is 9.39. The average Bonchev–Trinajstić information content (AvgIpc) is 2.82. The van der Waals surface area contributed by atoms with Crippen molar-refractivity contribution in [2.24, 2.45) is 0 Å². The van der Waals surface area contributed by atoms with Gasteiger partial charge in [0.1, 0.15) is 16.5 Å².